The predicted octanol–water partition coefficient (Wildman–Crippen LogP) is 14.2. The number of fused-ring (bicyclic) bond motifs is 7. The summed E-state index contributed by atoms with van der Waals surface area (Å²) in [4.78, 5) is 0. The zero-order valence-corrected chi connectivity index (χ0v) is 30.0. The zero-order valence-electron chi connectivity index (χ0n) is 30.0. The van der Waals surface area contributed by atoms with Crippen molar-refractivity contribution in [2.75, 3.05) is 0 Å². The van der Waals surface area contributed by atoms with Crippen molar-refractivity contribution in [3.8, 4) is 11.1 Å². The molecule has 2 aliphatic rings. The minimum absolute atomic E-state index is 0.132. The van der Waals surface area contributed by atoms with Gasteiger partial charge in [-0.1, -0.05) is 149 Å². The summed E-state index contributed by atoms with van der Waals surface area (Å²) in [5.74, 6) is 0.436. The van der Waals surface area contributed by atoms with E-state index in [-0.39, 0.29) is 5.41 Å². The van der Waals surface area contributed by atoms with Gasteiger partial charge < -0.3 is 0 Å². The fourth-order valence-electron chi connectivity index (χ4n) is 9.28. The van der Waals surface area contributed by atoms with E-state index in [4.69, 9.17) is 0 Å². The fourth-order valence-corrected chi connectivity index (χ4v) is 9.28. The first-order valence-corrected chi connectivity index (χ1v) is 18.7. The average Bonchev–Trinajstić information content (AvgIpc) is 3.28. The summed E-state index contributed by atoms with van der Waals surface area (Å²) in [6.45, 7) is 9.31. The van der Waals surface area contributed by atoms with Gasteiger partial charge in [0.2, 0.25) is 0 Å². The molecule has 8 aromatic rings. The molecule has 0 spiro atoms. The van der Waals surface area contributed by atoms with Crippen molar-refractivity contribution in [2.45, 2.75) is 52.4 Å². The number of benzene rings is 8. The summed E-state index contributed by atoms with van der Waals surface area (Å²) in [5, 5.41) is 13.4. The fraction of sp³-hybridized carbons (Fsp3) is 0.176. The monoisotopic (exact) mass is 654 g/mol. The molecule has 8 aromatic carbocycles. The van der Waals surface area contributed by atoms with Crippen LogP contribution in [0.1, 0.15) is 62.8 Å². The zero-order chi connectivity index (χ0) is 34.4. The summed E-state index contributed by atoms with van der Waals surface area (Å²) in [6, 6.07) is 51.0. The largest absolute Gasteiger partial charge is 0.0760 e. The van der Waals surface area contributed by atoms with Gasteiger partial charge in [-0.3, -0.25) is 0 Å². The van der Waals surface area contributed by atoms with E-state index in [0.717, 1.165) is 19.3 Å². The highest BCUT2D eigenvalue weighted by Crippen LogP contribution is 2.48. The lowest BCUT2D eigenvalue weighted by Gasteiger charge is -2.26. The van der Waals surface area contributed by atoms with Crippen molar-refractivity contribution in [3.63, 3.8) is 0 Å². The van der Waals surface area contributed by atoms with Crippen LogP contribution in [0.2, 0.25) is 0 Å². The van der Waals surface area contributed by atoms with E-state index in [1.54, 1.807) is 11.1 Å². The van der Waals surface area contributed by atoms with Crippen LogP contribution in [0.3, 0.4) is 0 Å². The molecule has 2 aliphatic carbocycles. The average molecular weight is 655 g/mol. The normalized spacial score (nSPS) is 16.2. The number of rotatable bonds is 2. The van der Waals surface area contributed by atoms with Crippen molar-refractivity contribution in [1.29, 1.82) is 0 Å². The van der Waals surface area contributed by atoms with Gasteiger partial charge in [0.15, 0.2) is 0 Å². The molecule has 10 rings (SSSR count). The van der Waals surface area contributed by atoms with Crippen LogP contribution < -0.4 is 0 Å². The molecule has 0 fully saturated rings. The lowest BCUT2D eigenvalue weighted by Crippen LogP contribution is -2.10. The molecule has 0 aliphatic heterocycles. The maximum atomic E-state index is 2.52. The van der Waals surface area contributed by atoms with Gasteiger partial charge in [-0.05, 0) is 153 Å². The van der Waals surface area contributed by atoms with Gasteiger partial charge in [0.05, 0.1) is 0 Å². The van der Waals surface area contributed by atoms with Crippen LogP contribution in [0, 0.1) is 5.92 Å². The number of hydrogen-bond acceptors (Lipinski definition) is 0. The first-order chi connectivity index (χ1) is 24.8. The molecule has 1 atom stereocenters. The highest BCUT2D eigenvalue weighted by molar-refractivity contribution is 6.14. The number of hydrogen-bond donors (Lipinski definition) is 0. The Balaban J connectivity index is 1.04. The molecule has 0 N–H and O–H groups in total. The second-order valence-electron chi connectivity index (χ2n) is 16.1. The molecular weight excluding hydrogens is 613 g/mol. The molecule has 0 aromatic heterocycles. The Morgan fingerprint density at radius 3 is 2.04 bits per heavy atom. The molecule has 1 unspecified atom stereocenters. The molecule has 0 nitrogen and oxygen atoms in total. The van der Waals surface area contributed by atoms with Crippen LogP contribution in [0.4, 0.5) is 0 Å². The van der Waals surface area contributed by atoms with Crippen LogP contribution in [0.5, 0.6) is 0 Å². The Kier molecular flexibility index (Phi) is 6.71. The standard InChI is InChI=1S/C51H42/c1-31-25-40-28-37-9-5-6-10-42(37)45-12-8-14-47(50(40)45)46-13-7-11-44(49(31)46)38-22-20-33-26-34(18-19-35(33)27-38)36-17-15-32-16-21-39-29-41(51(2,3)4)23-24-43(39)48(32)30-36/h5-6,8-12,14-24,26-31H,7,13,25H2,1-4H3. The lowest BCUT2D eigenvalue weighted by atomic mass is 9.78. The third kappa shape index (κ3) is 4.88. The maximum absolute atomic E-state index is 2.52. The Morgan fingerprint density at radius 2 is 1.20 bits per heavy atom. The minimum Gasteiger partial charge on any atom is -0.0760 e. The van der Waals surface area contributed by atoms with Crippen LogP contribution in [0.25, 0.3) is 76.1 Å². The summed E-state index contributed by atoms with van der Waals surface area (Å²) < 4.78 is 0. The topological polar surface area (TPSA) is 0 Å². The molecule has 0 amide bonds. The third-order valence-electron chi connectivity index (χ3n) is 11.9. The Bertz CT molecular complexity index is 2810. The van der Waals surface area contributed by atoms with Gasteiger partial charge >= 0.3 is 0 Å². The van der Waals surface area contributed by atoms with Crippen molar-refractivity contribution < 1.29 is 0 Å². The van der Waals surface area contributed by atoms with E-state index >= 15 is 0 Å². The van der Waals surface area contributed by atoms with Crippen molar-refractivity contribution in [1.82, 2.24) is 0 Å². The maximum Gasteiger partial charge on any atom is -0.00698 e. The second-order valence-corrected chi connectivity index (χ2v) is 16.1. The smallest absolute Gasteiger partial charge is 0.00698 e. The van der Waals surface area contributed by atoms with E-state index in [2.05, 4.69) is 167 Å². The van der Waals surface area contributed by atoms with Gasteiger partial charge in [0.1, 0.15) is 0 Å². The Labute approximate surface area is 300 Å². The molecular formula is C51H42. The highest BCUT2D eigenvalue weighted by Gasteiger charge is 2.29. The second kappa shape index (κ2) is 11.3. The van der Waals surface area contributed by atoms with Gasteiger partial charge in [0.25, 0.3) is 0 Å². The van der Waals surface area contributed by atoms with Crippen LogP contribution in [-0.2, 0) is 11.8 Å². The first kappa shape index (κ1) is 30.4. The minimum atomic E-state index is 0.132. The van der Waals surface area contributed by atoms with Crippen molar-refractivity contribution in [2.24, 2.45) is 5.92 Å². The lowest BCUT2D eigenvalue weighted by molar-refractivity contribution is 0.591. The summed E-state index contributed by atoms with van der Waals surface area (Å²) in [6.07, 6.45) is 5.75. The van der Waals surface area contributed by atoms with Gasteiger partial charge in [0, 0.05) is 0 Å². The molecule has 0 heterocycles. The summed E-state index contributed by atoms with van der Waals surface area (Å²) in [5.41, 5.74) is 12.8. The van der Waals surface area contributed by atoms with Gasteiger partial charge in [-0.15, -0.1) is 0 Å². The molecule has 0 bridgehead atoms. The van der Waals surface area contributed by atoms with Crippen LogP contribution >= 0.6 is 0 Å². The highest BCUT2D eigenvalue weighted by atomic mass is 14.3. The third-order valence-corrected chi connectivity index (χ3v) is 11.9. The van der Waals surface area contributed by atoms with E-state index in [0.29, 0.717) is 5.92 Å². The van der Waals surface area contributed by atoms with Gasteiger partial charge in [-0.25, -0.2) is 0 Å². The molecule has 246 valence electrons. The molecule has 0 saturated heterocycles. The van der Waals surface area contributed by atoms with E-state index in [1.165, 1.54) is 92.8 Å². The predicted molar refractivity (Wildman–Crippen MR) is 222 cm³/mol. The first-order valence-electron chi connectivity index (χ1n) is 18.7. The molecule has 0 heteroatoms. The van der Waals surface area contributed by atoms with Crippen LogP contribution in [0.15, 0.2) is 145 Å². The van der Waals surface area contributed by atoms with Gasteiger partial charge in [-0.2, -0.15) is 0 Å². The van der Waals surface area contributed by atoms with Crippen molar-refractivity contribution in [3.05, 3.63) is 167 Å². The van der Waals surface area contributed by atoms with E-state index < -0.39 is 0 Å². The Morgan fingerprint density at radius 1 is 0.529 bits per heavy atom. The Hall–Kier alpha value is -5.46. The SMILES string of the molecule is CC1Cc2cc3ccccc3c3cccc(c23)C2=C1C(c1ccc3cc(-c4ccc5ccc6cc(C(C)(C)C)ccc6c5c4)ccc3c1)=CCC2. The summed E-state index contributed by atoms with van der Waals surface area (Å²) >= 11 is 0. The van der Waals surface area contributed by atoms with E-state index in [9.17, 15) is 0 Å². The molecule has 0 radical (unpaired) electrons. The molecule has 51 heavy (non-hydrogen) atoms. The van der Waals surface area contributed by atoms with E-state index in [1.807, 2.05) is 0 Å². The summed E-state index contributed by atoms with van der Waals surface area (Å²) in [7, 11) is 0. The van der Waals surface area contributed by atoms with Crippen molar-refractivity contribution >= 4 is 65.0 Å². The number of allylic oxidation sites excluding steroid dienone is 4. The molecule has 0 saturated carbocycles. The van der Waals surface area contributed by atoms with Crippen LogP contribution in [-0.4, -0.2) is 0 Å². The quantitative estimate of drug-likeness (QED) is 0.163.